The van der Waals surface area contributed by atoms with Gasteiger partial charge in [-0.25, -0.2) is 4.79 Å². The van der Waals surface area contributed by atoms with Gasteiger partial charge in [-0.15, -0.1) is 0 Å². The summed E-state index contributed by atoms with van der Waals surface area (Å²) in [6.45, 7) is 7.26. The number of hydrogen-bond acceptors (Lipinski definition) is 6. The maximum atomic E-state index is 11.2. The van der Waals surface area contributed by atoms with Gasteiger partial charge in [0.2, 0.25) is 0 Å². The highest BCUT2D eigenvalue weighted by molar-refractivity contribution is 5.66. The second kappa shape index (κ2) is 18.2. The molecule has 7 nitrogen and oxygen atoms in total. The zero-order valence-corrected chi connectivity index (χ0v) is 13.8. The molecule has 132 valence electrons. The molecule has 0 aromatic carbocycles. The van der Waals surface area contributed by atoms with Crippen LogP contribution in [0.1, 0.15) is 32.6 Å². The molecule has 0 spiro atoms. The molecule has 0 aromatic rings. The van der Waals surface area contributed by atoms with Crippen molar-refractivity contribution < 1.29 is 23.7 Å². The minimum absolute atomic E-state index is 0.355. The minimum Gasteiger partial charge on any atom is -0.450 e. The molecule has 0 rings (SSSR count). The lowest BCUT2D eigenvalue weighted by Gasteiger charge is -2.08. The first-order valence-corrected chi connectivity index (χ1v) is 8.15. The van der Waals surface area contributed by atoms with Crippen LogP contribution in [0.5, 0.6) is 0 Å². The average Bonchev–Trinajstić information content (AvgIpc) is 2.52. The second-order valence-electron chi connectivity index (χ2n) is 4.75. The van der Waals surface area contributed by atoms with Gasteiger partial charge in [0.05, 0.1) is 33.0 Å². The number of carbonyl (C=O) groups excluding carboxylic acids is 1. The molecule has 0 heterocycles. The van der Waals surface area contributed by atoms with Crippen LogP contribution < -0.4 is 11.1 Å². The fraction of sp³-hybridized carbons (Fsp3) is 0.933. The van der Waals surface area contributed by atoms with Crippen molar-refractivity contribution in [2.24, 2.45) is 5.73 Å². The number of nitrogens with two attached hydrogens (primary N) is 1. The maximum Gasteiger partial charge on any atom is 0.407 e. The van der Waals surface area contributed by atoms with Crippen LogP contribution in [0.15, 0.2) is 0 Å². The summed E-state index contributed by atoms with van der Waals surface area (Å²) in [6, 6.07) is 0. The normalized spacial score (nSPS) is 10.6. The molecule has 0 aliphatic heterocycles. The summed E-state index contributed by atoms with van der Waals surface area (Å²) in [5.74, 6) is 0. The van der Waals surface area contributed by atoms with Crippen molar-refractivity contribution in [2.75, 3.05) is 59.3 Å². The number of ether oxygens (including phenoxy) is 4. The van der Waals surface area contributed by atoms with Gasteiger partial charge < -0.3 is 30.0 Å². The van der Waals surface area contributed by atoms with Crippen molar-refractivity contribution >= 4 is 6.09 Å². The summed E-state index contributed by atoms with van der Waals surface area (Å²) in [7, 11) is 0. The smallest absolute Gasteiger partial charge is 0.407 e. The number of amides is 1. The minimum atomic E-state index is -0.355. The number of carbonyl (C=O) groups is 1. The van der Waals surface area contributed by atoms with Crippen molar-refractivity contribution in [2.45, 2.75) is 32.6 Å². The van der Waals surface area contributed by atoms with E-state index in [1.807, 2.05) is 0 Å². The van der Waals surface area contributed by atoms with E-state index in [9.17, 15) is 4.79 Å². The largest absolute Gasteiger partial charge is 0.450 e. The number of nitrogens with one attached hydrogen (secondary N) is 1. The van der Waals surface area contributed by atoms with E-state index in [1.54, 1.807) is 0 Å². The second-order valence-corrected chi connectivity index (χ2v) is 4.75. The van der Waals surface area contributed by atoms with Gasteiger partial charge in [-0.2, -0.15) is 0 Å². The van der Waals surface area contributed by atoms with E-state index in [2.05, 4.69) is 12.2 Å². The Balaban J connectivity index is 3.06. The predicted octanol–water partition coefficient (Wildman–Crippen LogP) is 1.30. The first-order chi connectivity index (χ1) is 10.8. The molecule has 0 aromatic heterocycles. The lowest BCUT2D eigenvalue weighted by atomic mass is 10.4. The van der Waals surface area contributed by atoms with Gasteiger partial charge in [0.25, 0.3) is 0 Å². The molecular weight excluding hydrogens is 288 g/mol. The van der Waals surface area contributed by atoms with Crippen LogP contribution in [0.3, 0.4) is 0 Å². The third-order valence-corrected chi connectivity index (χ3v) is 2.70. The number of rotatable bonds is 16. The highest BCUT2D eigenvalue weighted by Crippen LogP contribution is 1.89. The molecule has 0 saturated carbocycles. The van der Waals surface area contributed by atoms with E-state index in [1.165, 1.54) is 0 Å². The molecule has 0 atom stereocenters. The summed E-state index contributed by atoms with van der Waals surface area (Å²) in [5, 5.41) is 2.68. The van der Waals surface area contributed by atoms with Gasteiger partial charge in [0.15, 0.2) is 0 Å². The molecule has 0 aliphatic rings. The average molecular weight is 320 g/mol. The standard InChI is InChI=1S/C15H32N2O5/c1-2-3-10-22-15(18)17-7-5-9-20-12-14-21-13-11-19-8-4-6-16/h2-14,16H2,1H3,(H,17,18). The van der Waals surface area contributed by atoms with E-state index in [0.29, 0.717) is 59.3 Å². The summed E-state index contributed by atoms with van der Waals surface area (Å²) >= 11 is 0. The SMILES string of the molecule is CCCCOC(=O)NCCCOCCOCCOCCCN. The quantitative estimate of drug-likeness (QED) is 0.417. The molecule has 0 radical (unpaired) electrons. The Morgan fingerprint density at radius 3 is 2.05 bits per heavy atom. The highest BCUT2D eigenvalue weighted by atomic mass is 16.6. The van der Waals surface area contributed by atoms with E-state index in [-0.39, 0.29) is 6.09 Å². The fourth-order valence-corrected chi connectivity index (χ4v) is 1.45. The van der Waals surface area contributed by atoms with E-state index < -0.39 is 0 Å². The molecule has 0 fully saturated rings. The molecule has 7 heteroatoms. The van der Waals surface area contributed by atoms with Crippen LogP contribution in [-0.2, 0) is 18.9 Å². The number of hydrogen-bond donors (Lipinski definition) is 2. The van der Waals surface area contributed by atoms with Crippen molar-refractivity contribution in [3.8, 4) is 0 Å². The topological polar surface area (TPSA) is 92.0 Å². The summed E-state index contributed by atoms with van der Waals surface area (Å²) in [4.78, 5) is 11.2. The molecule has 0 aliphatic carbocycles. The summed E-state index contributed by atoms with van der Waals surface area (Å²) in [5.41, 5.74) is 5.34. The third-order valence-electron chi connectivity index (χ3n) is 2.70. The first kappa shape index (κ1) is 21.1. The van der Waals surface area contributed by atoms with Crippen LogP contribution in [-0.4, -0.2) is 65.4 Å². The van der Waals surface area contributed by atoms with E-state index >= 15 is 0 Å². The summed E-state index contributed by atoms with van der Waals surface area (Å²) < 4.78 is 21.0. The fourth-order valence-electron chi connectivity index (χ4n) is 1.45. The lowest BCUT2D eigenvalue weighted by Crippen LogP contribution is -2.26. The Hall–Kier alpha value is -0.890. The van der Waals surface area contributed by atoms with Crippen LogP contribution in [0.25, 0.3) is 0 Å². The molecule has 0 bridgehead atoms. The van der Waals surface area contributed by atoms with Crippen LogP contribution >= 0.6 is 0 Å². The molecule has 22 heavy (non-hydrogen) atoms. The lowest BCUT2D eigenvalue weighted by molar-refractivity contribution is 0.0140. The molecular formula is C15H32N2O5. The molecule has 0 saturated heterocycles. The Morgan fingerprint density at radius 1 is 0.864 bits per heavy atom. The molecule has 3 N–H and O–H groups in total. The van der Waals surface area contributed by atoms with E-state index in [0.717, 1.165) is 25.7 Å². The van der Waals surface area contributed by atoms with Gasteiger partial charge >= 0.3 is 6.09 Å². The van der Waals surface area contributed by atoms with Crippen molar-refractivity contribution in [3.05, 3.63) is 0 Å². The summed E-state index contributed by atoms with van der Waals surface area (Å²) in [6.07, 6.45) is 3.19. The third kappa shape index (κ3) is 17.2. The van der Waals surface area contributed by atoms with Gasteiger partial charge in [0.1, 0.15) is 0 Å². The van der Waals surface area contributed by atoms with Gasteiger partial charge in [-0.05, 0) is 25.8 Å². The van der Waals surface area contributed by atoms with Gasteiger partial charge in [-0.1, -0.05) is 13.3 Å². The van der Waals surface area contributed by atoms with Crippen LogP contribution in [0, 0.1) is 0 Å². The predicted molar refractivity (Wildman–Crippen MR) is 85.0 cm³/mol. The zero-order valence-electron chi connectivity index (χ0n) is 13.8. The van der Waals surface area contributed by atoms with E-state index in [4.69, 9.17) is 24.7 Å². The van der Waals surface area contributed by atoms with Crippen LogP contribution in [0.4, 0.5) is 4.79 Å². The first-order valence-electron chi connectivity index (χ1n) is 8.15. The zero-order chi connectivity index (χ0) is 16.3. The Morgan fingerprint density at radius 2 is 1.45 bits per heavy atom. The Bertz CT molecular complexity index is 242. The molecule has 1 amide bonds. The van der Waals surface area contributed by atoms with Gasteiger partial charge in [-0.3, -0.25) is 0 Å². The molecule has 0 unspecified atom stereocenters. The maximum absolute atomic E-state index is 11.2. The van der Waals surface area contributed by atoms with Crippen molar-refractivity contribution in [1.29, 1.82) is 0 Å². The van der Waals surface area contributed by atoms with Crippen molar-refractivity contribution in [1.82, 2.24) is 5.32 Å². The van der Waals surface area contributed by atoms with Crippen molar-refractivity contribution in [3.63, 3.8) is 0 Å². The highest BCUT2D eigenvalue weighted by Gasteiger charge is 1.99. The number of unbranched alkanes of at least 4 members (excludes halogenated alkanes) is 1. The monoisotopic (exact) mass is 320 g/mol. The van der Waals surface area contributed by atoms with Gasteiger partial charge in [0, 0.05) is 19.8 Å². The Kier molecular flexibility index (Phi) is 17.4. The number of alkyl carbamates (subject to hydrolysis) is 1. The van der Waals surface area contributed by atoms with Crippen LogP contribution in [0.2, 0.25) is 0 Å². The Labute approximate surface area is 133 Å².